The molecule has 4 rings (SSSR count). The highest BCUT2D eigenvalue weighted by Crippen LogP contribution is 2.21. The predicted octanol–water partition coefficient (Wildman–Crippen LogP) is 4.91. The van der Waals surface area contributed by atoms with Crippen LogP contribution in [-0.2, 0) is 16.1 Å². The fourth-order valence-electron chi connectivity index (χ4n) is 4.13. The standard InChI is InChI=1S/C28H30N2O3/c1-21-8-5-6-13-26(21)28(32)30-18-16-23(17-19-30)27(31)29-24-11-7-12-25(15-14-24)33-20-22-9-3-2-4-10-22/h2-10,12-15,23H,11,16-20H2,1H3,(H,29,31). The van der Waals surface area contributed by atoms with E-state index in [9.17, 15) is 9.59 Å². The van der Waals surface area contributed by atoms with Crippen LogP contribution in [0, 0.1) is 12.8 Å². The summed E-state index contributed by atoms with van der Waals surface area (Å²) < 4.78 is 5.88. The minimum Gasteiger partial charge on any atom is -0.489 e. The molecule has 0 saturated carbocycles. The van der Waals surface area contributed by atoms with Crippen molar-refractivity contribution in [3.05, 3.63) is 107 Å². The first-order valence-corrected chi connectivity index (χ1v) is 11.5. The monoisotopic (exact) mass is 442 g/mol. The highest BCUT2D eigenvalue weighted by Gasteiger charge is 2.28. The van der Waals surface area contributed by atoms with Crippen LogP contribution >= 0.6 is 0 Å². The average Bonchev–Trinajstić information content (AvgIpc) is 3.08. The molecule has 2 aromatic rings. The van der Waals surface area contributed by atoms with E-state index in [-0.39, 0.29) is 17.7 Å². The van der Waals surface area contributed by atoms with Gasteiger partial charge in [0.25, 0.3) is 5.91 Å². The largest absolute Gasteiger partial charge is 0.489 e. The van der Waals surface area contributed by atoms with E-state index < -0.39 is 0 Å². The number of nitrogens with zero attached hydrogens (tertiary/aromatic N) is 1. The molecule has 0 unspecified atom stereocenters. The van der Waals surface area contributed by atoms with Gasteiger partial charge in [-0.3, -0.25) is 9.59 Å². The molecule has 0 atom stereocenters. The van der Waals surface area contributed by atoms with Gasteiger partial charge in [-0.1, -0.05) is 54.6 Å². The molecular weight excluding hydrogens is 412 g/mol. The molecule has 0 radical (unpaired) electrons. The molecular formula is C28H30N2O3. The maximum atomic E-state index is 12.8. The van der Waals surface area contributed by atoms with Crippen molar-refractivity contribution in [2.45, 2.75) is 32.8 Å². The van der Waals surface area contributed by atoms with Gasteiger partial charge in [-0.2, -0.15) is 0 Å². The molecule has 170 valence electrons. The lowest BCUT2D eigenvalue weighted by Gasteiger charge is -2.32. The minimum absolute atomic E-state index is 0.0275. The molecule has 2 amide bonds. The SMILES string of the molecule is Cc1ccccc1C(=O)N1CCC(C(=O)NC2=CC=C(OCc3ccccc3)C=CC2)CC1. The second-order valence-corrected chi connectivity index (χ2v) is 8.51. The van der Waals surface area contributed by atoms with Crippen molar-refractivity contribution in [1.82, 2.24) is 10.2 Å². The maximum absolute atomic E-state index is 12.8. The Balaban J connectivity index is 1.28. The second-order valence-electron chi connectivity index (χ2n) is 8.51. The van der Waals surface area contributed by atoms with E-state index >= 15 is 0 Å². The number of rotatable bonds is 6. The Labute approximate surface area is 195 Å². The van der Waals surface area contributed by atoms with Crippen LogP contribution in [0.5, 0.6) is 0 Å². The molecule has 0 spiro atoms. The Hall–Kier alpha value is -3.60. The summed E-state index contributed by atoms with van der Waals surface area (Å²) >= 11 is 0. The zero-order valence-electron chi connectivity index (χ0n) is 19.0. The number of hydrogen-bond acceptors (Lipinski definition) is 3. The van der Waals surface area contributed by atoms with Crippen LogP contribution in [0.2, 0.25) is 0 Å². The lowest BCUT2D eigenvalue weighted by Crippen LogP contribution is -2.43. The van der Waals surface area contributed by atoms with E-state index in [1.54, 1.807) is 0 Å². The van der Waals surface area contributed by atoms with E-state index in [2.05, 4.69) is 5.32 Å². The number of likely N-dealkylation sites (tertiary alicyclic amines) is 1. The first kappa shape index (κ1) is 22.6. The fraction of sp³-hybridized carbons (Fsp3) is 0.286. The Kier molecular flexibility index (Phi) is 7.40. The van der Waals surface area contributed by atoms with Crippen LogP contribution < -0.4 is 5.32 Å². The van der Waals surface area contributed by atoms with Crippen molar-refractivity contribution in [1.29, 1.82) is 0 Å². The van der Waals surface area contributed by atoms with Gasteiger partial charge in [-0.05, 0) is 55.2 Å². The van der Waals surface area contributed by atoms with Crippen molar-refractivity contribution >= 4 is 11.8 Å². The number of benzene rings is 2. The van der Waals surface area contributed by atoms with E-state index in [0.717, 1.165) is 28.1 Å². The minimum atomic E-state index is -0.0863. The summed E-state index contributed by atoms with van der Waals surface area (Å²) in [6.07, 6.45) is 9.74. The molecule has 5 nitrogen and oxygen atoms in total. The van der Waals surface area contributed by atoms with Gasteiger partial charge in [-0.15, -0.1) is 0 Å². The lowest BCUT2D eigenvalue weighted by molar-refractivity contribution is -0.125. The van der Waals surface area contributed by atoms with Gasteiger partial charge in [-0.25, -0.2) is 0 Å². The van der Waals surface area contributed by atoms with Gasteiger partial charge in [0.2, 0.25) is 5.91 Å². The molecule has 0 bridgehead atoms. The van der Waals surface area contributed by atoms with Gasteiger partial charge < -0.3 is 15.0 Å². The summed E-state index contributed by atoms with van der Waals surface area (Å²) in [4.78, 5) is 27.5. The van der Waals surface area contributed by atoms with E-state index in [4.69, 9.17) is 4.74 Å². The Morgan fingerprint density at radius 3 is 2.48 bits per heavy atom. The molecule has 33 heavy (non-hydrogen) atoms. The van der Waals surface area contributed by atoms with Crippen LogP contribution in [0.4, 0.5) is 0 Å². The number of nitrogens with one attached hydrogen (secondary N) is 1. The number of carbonyl (C=O) groups is 2. The number of amides is 2. The first-order chi connectivity index (χ1) is 16.1. The second kappa shape index (κ2) is 10.8. The molecule has 1 heterocycles. The number of piperidine rings is 1. The van der Waals surface area contributed by atoms with Crippen LogP contribution in [0.3, 0.4) is 0 Å². The van der Waals surface area contributed by atoms with Gasteiger partial charge in [0.05, 0.1) is 0 Å². The number of hydrogen-bond donors (Lipinski definition) is 1. The van der Waals surface area contributed by atoms with Crippen LogP contribution in [0.1, 0.15) is 40.7 Å². The van der Waals surface area contributed by atoms with Crippen LogP contribution in [-0.4, -0.2) is 29.8 Å². The third-order valence-electron chi connectivity index (χ3n) is 6.13. The molecule has 1 N–H and O–H groups in total. The quantitative estimate of drug-likeness (QED) is 0.692. The smallest absolute Gasteiger partial charge is 0.254 e. The summed E-state index contributed by atoms with van der Waals surface area (Å²) in [6, 6.07) is 17.7. The third kappa shape index (κ3) is 6.01. The van der Waals surface area contributed by atoms with Gasteiger partial charge in [0, 0.05) is 36.7 Å². The molecule has 2 aromatic carbocycles. The van der Waals surface area contributed by atoms with Crippen LogP contribution in [0.25, 0.3) is 0 Å². The summed E-state index contributed by atoms with van der Waals surface area (Å²) in [5.74, 6) is 0.763. The van der Waals surface area contributed by atoms with Crippen molar-refractivity contribution in [3.63, 3.8) is 0 Å². The third-order valence-corrected chi connectivity index (χ3v) is 6.13. The van der Waals surface area contributed by atoms with Crippen molar-refractivity contribution in [2.24, 2.45) is 5.92 Å². The number of ether oxygens (including phenoxy) is 1. The highest BCUT2D eigenvalue weighted by molar-refractivity contribution is 5.95. The van der Waals surface area contributed by atoms with Gasteiger partial charge in [0.1, 0.15) is 12.4 Å². The molecule has 0 aromatic heterocycles. The molecule has 1 fully saturated rings. The predicted molar refractivity (Wildman–Crippen MR) is 129 cm³/mol. The summed E-state index contributed by atoms with van der Waals surface area (Å²) in [7, 11) is 0. The van der Waals surface area contributed by atoms with Crippen molar-refractivity contribution in [3.8, 4) is 0 Å². The zero-order chi connectivity index (χ0) is 23.0. The van der Waals surface area contributed by atoms with E-state index in [1.165, 1.54) is 0 Å². The van der Waals surface area contributed by atoms with Crippen molar-refractivity contribution < 1.29 is 14.3 Å². The fourth-order valence-corrected chi connectivity index (χ4v) is 4.13. The summed E-state index contributed by atoms with van der Waals surface area (Å²) in [6.45, 7) is 3.66. The first-order valence-electron chi connectivity index (χ1n) is 11.5. The number of aryl methyl sites for hydroxylation is 1. The van der Waals surface area contributed by atoms with Gasteiger partial charge in [0.15, 0.2) is 0 Å². The van der Waals surface area contributed by atoms with E-state index in [0.29, 0.717) is 39.0 Å². The average molecular weight is 443 g/mol. The van der Waals surface area contributed by atoms with Crippen LogP contribution in [0.15, 0.2) is 90.4 Å². The maximum Gasteiger partial charge on any atom is 0.254 e. The molecule has 2 aliphatic rings. The van der Waals surface area contributed by atoms with Gasteiger partial charge >= 0.3 is 0 Å². The van der Waals surface area contributed by atoms with Crippen molar-refractivity contribution in [2.75, 3.05) is 13.1 Å². The topological polar surface area (TPSA) is 58.6 Å². The molecule has 5 heteroatoms. The Bertz CT molecular complexity index is 1080. The highest BCUT2D eigenvalue weighted by atomic mass is 16.5. The Morgan fingerprint density at radius 1 is 1.00 bits per heavy atom. The Morgan fingerprint density at radius 2 is 1.73 bits per heavy atom. The normalized spacial score (nSPS) is 16.5. The molecule has 1 aliphatic heterocycles. The molecule has 1 saturated heterocycles. The number of carbonyl (C=O) groups excluding carboxylic acids is 2. The summed E-state index contributed by atoms with van der Waals surface area (Å²) in [5, 5.41) is 3.08. The summed E-state index contributed by atoms with van der Waals surface area (Å²) in [5.41, 5.74) is 3.69. The molecule has 1 aliphatic carbocycles. The number of allylic oxidation sites excluding steroid dienone is 4. The van der Waals surface area contributed by atoms with E-state index in [1.807, 2.05) is 90.7 Å². The lowest BCUT2D eigenvalue weighted by atomic mass is 9.95. The zero-order valence-corrected chi connectivity index (χ0v) is 19.0.